The topological polar surface area (TPSA) is 39.0 Å². The first-order valence-corrected chi connectivity index (χ1v) is 9.51. The molecule has 4 rings (SSSR count). The third-order valence-corrected chi connectivity index (χ3v) is 5.24. The average Bonchev–Trinajstić information content (AvgIpc) is 3.42. The largest absolute Gasteiger partial charge is 0.348 e. The molecule has 0 atom stereocenters. The first kappa shape index (κ1) is 18.4. The highest BCUT2D eigenvalue weighted by Gasteiger charge is 2.14. The van der Waals surface area contributed by atoms with Crippen LogP contribution in [0.2, 0.25) is 10.0 Å². The van der Waals surface area contributed by atoms with Crippen molar-refractivity contribution in [1.82, 2.24) is 14.5 Å². The Morgan fingerprint density at radius 2 is 1.36 bits per heavy atom. The summed E-state index contributed by atoms with van der Waals surface area (Å²) >= 11 is 12.0. The smallest absolute Gasteiger partial charge is 0.251 e. The molecular formula is C22H17Cl2N3O. The van der Waals surface area contributed by atoms with Crippen molar-refractivity contribution < 1.29 is 4.79 Å². The second-order valence-electron chi connectivity index (χ2n) is 6.27. The number of rotatable bonds is 5. The van der Waals surface area contributed by atoms with E-state index in [2.05, 4.69) is 5.32 Å². The normalized spacial score (nSPS) is 10.8. The highest BCUT2D eigenvalue weighted by molar-refractivity contribution is 6.42. The molecule has 0 aliphatic heterocycles. The summed E-state index contributed by atoms with van der Waals surface area (Å²) < 4.78 is 4.07. The van der Waals surface area contributed by atoms with Crippen LogP contribution in [0.25, 0.3) is 11.4 Å². The first-order valence-electron chi connectivity index (χ1n) is 8.75. The summed E-state index contributed by atoms with van der Waals surface area (Å²) in [6.45, 7) is 0.362. The van der Waals surface area contributed by atoms with Crippen molar-refractivity contribution in [1.29, 1.82) is 0 Å². The lowest BCUT2D eigenvalue weighted by atomic mass is 10.1. The number of hydrogen-bond acceptors (Lipinski definition) is 1. The van der Waals surface area contributed by atoms with Gasteiger partial charge in [0.2, 0.25) is 0 Å². The molecule has 0 bridgehead atoms. The van der Waals surface area contributed by atoms with Gasteiger partial charge in [-0.1, -0.05) is 29.3 Å². The van der Waals surface area contributed by atoms with E-state index in [0.717, 1.165) is 16.9 Å². The summed E-state index contributed by atoms with van der Waals surface area (Å²) in [5.41, 5.74) is 3.48. The molecular weight excluding hydrogens is 393 g/mol. The van der Waals surface area contributed by atoms with E-state index in [9.17, 15) is 4.79 Å². The zero-order valence-electron chi connectivity index (χ0n) is 14.8. The Morgan fingerprint density at radius 1 is 0.786 bits per heavy atom. The molecule has 1 N–H and O–H groups in total. The molecule has 4 aromatic rings. The van der Waals surface area contributed by atoms with E-state index in [4.69, 9.17) is 23.2 Å². The Kier molecular flexibility index (Phi) is 5.24. The van der Waals surface area contributed by atoms with E-state index in [1.807, 2.05) is 76.4 Å². The lowest BCUT2D eigenvalue weighted by Gasteiger charge is -2.17. The summed E-state index contributed by atoms with van der Waals surface area (Å²) in [6, 6.07) is 18.8. The van der Waals surface area contributed by atoms with Crippen molar-refractivity contribution >= 4 is 29.1 Å². The number of nitrogens with zero attached hydrogens (tertiary/aromatic N) is 2. The van der Waals surface area contributed by atoms with Gasteiger partial charge < -0.3 is 14.5 Å². The molecule has 2 aromatic heterocycles. The van der Waals surface area contributed by atoms with Crippen LogP contribution in [-0.2, 0) is 6.54 Å². The van der Waals surface area contributed by atoms with Crippen LogP contribution in [0.5, 0.6) is 0 Å². The van der Waals surface area contributed by atoms with Gasteiger partial charge in [0.1, 0.15) is 0 Å². The average molecular weight is 410 g/mol. The Morgan fingerprint density at radius 3 is 1.89 bits per heavy atom. The highest BCUT2D eigenvalue weighted by atomic mass is 35.5. The number of aromatic nitrogens is 2. The summed E-state index contributed by atoms with van der Waals surface area (Å²) in [4.78, 5) is 12.7. The third-order valence-electron chi connectivity index (χ3n) is 4.50. The molecule has 28 heavy (non-hydrogen) atoms. The van der Waals surface area contributed by atoms with Gasteiger partial charge in [0, 0.05) is 42.5 Å². The van der Waals surface area contributed by atoms with Gasteiger partial charge >= 0.3 is 0 Å². The maximum absolute atomic E-state index is 12.7. The molecule has 0 saturated carbocycles. The minimum absolute atomic E-state index is 0.209. The van der Waals surface area contributed by atoms with Crippen molar-refractivity contribution in [2.45, 2.75) is 6.54 Å². The van der Waals surface area contributed by atoms with Crippen molar-refractivity contribution in [3.8, 4) is 11.4 Å². The monoisotopic (exact) mass is 409 g/mol. The van der Waals surface area contributed by atoms with E-state index in [-0.39, 0.29) is 5.91 Å². The summed E-state index contributed by atoms with van der Waals surface area (Å²) in [5.74, 6) is -0.209. The maximum Gasteiger partial charge on any atom is 0.251 e. The van der Waals surface area contributed by atoms with Crippen molar-refractivity contribution in [3.63, 3.8) is 0 Å². The molecule has 0 radical (unpaired) electrons. The van der Waals surface area contributed by atoms with Gasteiger partial charge in [-0.25, -0.2) is 0 Å². The molecule has 0 aliphatic carbocycles. The SMILES string of the molecule is O=C(NCc1c(-n2cccc2)cccc1-n1cccc1)c1ccc(Cl)c(Cl)c1. The molecule has 6 heteroatoms. The van der Waals surface area contributed by atoms with Crippen molar-refractivity contribution in [3.05, 3.63) is 107 Å². The molecule has 2 aromatic carbocycles. The fourth-order valence-electron chi connectivity index (χ4n) is 3.13. The van der Waals surface area contributed by atoms with E-state index in [1.54, 1.807) is 18.2 Å². The highest BCUT2D eigenvalue weighted by Crippen LogP contribution is 2.24. The third kappa shape index (κ3) is 3.70. The lowest BCUT2D eigenvalue weighted by molar-refractivity contribution is 0.0951. The number of carbonyl (C=O) groups is 1. The quantitative estimate of drug-likeness (QED) is 0.463. The standard InChI is InChI=1S/C22H17Cl2N3O/c23-18-9-8-16(14-19(18)24)22(28)25-15-17-20(26-10-1-2-11-26)6-5-7-21(17)27-12-3-4-13-27/h1-14H,15H2,(H,25,28). The minimum Gasteiger partial charge on any atom is -0.348 e. The van der Waals surface area contributed by atoms with Gasteiger partial charge in [0.25, 0.3) is 5.91 Å². The number of amides is 1. The Labute approximate surface area is 172 Å². The van der Waals surface area contributed by atoms with Crippen molar-refractivity contribution in [2.24, 2.45) is 0 Å². The molecule has 140 valence electrons. The number of hydrogen-bond donors (Lipinski definition) is 1. The van der Waals surface area contributed by atoms with Crippen LogP contribution in [0.1, 0.15) is 15.9 Å². The maximum atomic E-state index is 12.7. The van der Waals surface area contributed by atoms with Crippen LogP contribution in [0.15, 0.2) is 85.5 Å². The van der Waals surface area contributed by atoms with E-state index < -0.39 is 0 Å². The molecule has 0 fully saturated rings. The van der Waals surface area contributed by atoms with Gasteiger partial charge in [-0.05, 0) is 54.6 Å². The predicted molar refractivity (Wildman–Crippen MR) is 113 cm³/mol. The van der Waals surface area contributed by atoms with Gasteiger partial charge in [-0.3, -0.25) is 4.79 Å². The van der Waals surface area contributed by atoms with E-state index in [0.29, 0.717) is 22.2 Å². The van der Waals surface area contributed by atoms with Gasteiger partial charge in [0.15, 0.2) is 0 Å². The molecule has 2 heterocycles. The molecule has 0 spiro atoms. The minimum atomic E-state index is -0.209. The predicted octanol–water partition coefficient (Wildman–Crippen LogP) is 5.50. The molecule has 0 aliphatic rings. The molecule has 0 unspecified atom stereocenters. The fraction of sp³-hybridized carbons (Fsp3) is 0.0455. The Hall–Kier alpha value is -2.95. The van der Waals surface area contributed by atoms with Crippen LogP contribution in [-0.4, -0.2) is 15.0 Å². The van der Waals surface area contributed by atoms with Crippen LogP contribution in [0, 0.1) is 0 Å². The number of nitrogens with one attached hydrogen (secondary N) is 1. The molecule has 4 nitrogen and oxygen atoms in total. The van der Waals surface area contributed by atoms with Crippen LogP contribution < -0.4 is 5.32 Å². The van der Waals surface area contributed by atoms with Gasteiger partial charge in [0.05, 0.1) is 21.4 Å². The fourth-order valence-corrected chi connectivity index (χ4v) is 3.42. The van der Waals surface area contributed by atoms with Crippen LogP contribution in [0.3, 0.4) is 0 Å². The van der Waals surface area contributed by atoms with Crippen molar-refractivity contribution in [2.75, 3.05) is 0 Å². The first-order chi connectivity index (χ1) is 13.6. The van der Waals surface area contributed by atoms with Crippen LogP contribution >= 0.6 is 23.2 Å². The summed E-state index contributed by atoms with van der Waals surface area (Å²) in [7, 11) is 0. The lowest BCUT2D eigenvalue weighted by Crippen LogP contribution is -2.24. The summed E-state index contributed by atoms with van der Waals surface area (Å²) in [5, 5.41) is 3.78. The number of carbonyl (C=O) groups excluding carboxylic acids is 1. The number of benzene rings is 2. The van der Waals surface area contributed by atoms with Gasteiger partial charge in [-0.2, -0.15) is 0 Å². The molecule has 0 saturated heterocycles. The zero-order valence-corrected chi connectivity index (χ0v) is 16.4. The second-order valence-corrected chi connectivity index (χ2v) is 7.08. The molecule has 1 amide bonds. The van der Waals surface area contributed by atoms with Crippen LogP contribution in [0.4, 0.5) is 0 Å². The second kappa shape index (κ2) is 7.97. The van der Waals surface area contributed by atoms with Gasteiger partial charge in [-0.15, -0.1) is 0 Å². The Bertz CT molecular complexity index is 1050. The van der Waals surface area contributed by atoms with E-state index >= 15 is 0 Å². The summed E-state index contributed by atoms with van der Waals surface area (Å²) in [6.07, 6.45) is 7.94. The number of halogens is 2. The zero-order chi connectivity index (χ0) is 19.5. The Balaban J connectivity index is 1.68. The van der Waals surface area contributed by atoms with E-state index in [1.165, 1.54) is 0 Å².